The summed E-state index contributed by atoms with van der Waals surface area (Å²) in [6.45, 7) is 4.55. The van der Waals surface area contributed by atoms with Gasteiger partial charge in [-0.25, -0.2) is 4.68 Å². The highest BCUT2D eigenvalue weighted by Crippen LogP contribution is 2.18. The fraction of sp³-hybridized carbons (Fsp3) is 0.357. The number of amides is 1. The van der Waals surface area contributed by atoms with Crippen LogP contribution >= 0.6 is 0 Å². The van der Waals surface area contributed by atoms with Gasteiger partial charge in [-0.15, -0.1) is 0 Å². The van der Waals surface area contributed by atoms with Crippen molar-refractivity contribution in [1.29, 1.82) is 0 Å². The number of hydrogen-bond acceptors (Lipinski definition) is 4. The summed E-state index contributed by atoms with van der Waals surface area (Å²) in [6, 6.07) is 0.382. The van der Waals surface area contributed by atoms with Crippen LogP contribution in [0.15, 0.2) is 31.4 Å². The van der Waals surface area contributed by atoms with Crippen molar-refractivity contribution in [3.8, 4) is 0 Å². The zero-order valence-corrected chi connectivity index (χ0v) is 11.7. The summed E-state index contributed by atoms with van der Waals surface area (Å²) in [5.74, 6) is 0.0133. The second-order valence-electron chi connectivity index (χ2n) is 5.13. The van der Waals surface area contributed by atoms with Gasteiger partial charge in [-0.3, -0.25) is 9.48 Å². The molecule has 0 spiro atoms. The number of aromatic nitrogens is 4. The van der Waals surface area contributed by atoms with E-state index < -0.39 is 0 Å². The third-order valence-corrected chi connectivity index (χ3v) is 3.22. The molecule has 0 aliphatic heterocycles. The Balaban J connectivity index is 1.49. The summed E-state index contributed by atoms with van der Waals surface area (Å²) >= 11 is 0. The highest BCUT2D eigenvalue weighted by Gasteiger charge is 2.23. The summed E-state index contributed by atoms with van der Waals surface area (Å²) in [4.78, 5) is 11.7. The number of anilines is 1. The molecule has 1 aliphatic carbocycles. The van der Waals surface area contributed by atoms with Crippen molar-refractivity contribution in [2.24, 2.45) is 0 Å². The van der Waals surface area contributed by atoms with E-state index in [2.05, 4.69) is 27.4 Å². The fourth-order valence-electron chi connectivity index (χ4n) is 1.96. The molecular weight excluding hydrogens is 268 g/mol. The van der Waals surface area contributed by atoms with Crippen LogP contribution in [0.25, 0.3) is 6.20 Å². The first kappa shape index (κ1) is 13.4. The third kappa shape index (κ3) is 3.71. The van der Waals surface area contributed by atoms with Crippen LogP contribution in [0.3, 0.4) is 0 Å². The normalized spacial score (nSPS) is 13.9. The smallest absolute Gasteiger partial charge is 0.241 e. The monoisotopic (exact) mass is 286 g/mol. The lowest BCUT2D eigenvalue weighted by atomic mass is 10.3. The van der Waals surface area contributed by atoms with Gasteiger partial charge in [-0.2, -0.15) is 10.2 Å². The molecule has 21 heavy (non-hydrogen) atoms. The van der Waals surface area contributed by atoms with E-state index in [-0.39, 0.29) is 12.5 Å². The molecule has 0 radical (unpaired) electrons. The van der Waals surface area contributed by atoms with Crippen molar-refractivity contribution in [3.05, 3.63) is 36.9 Å². The number of nitrogens with one attached hydrogen (secondary N) is 2. The molecule has 7 nitrogen and oxygen atoms in total. The molecule has 1 fully saturated rings. The standard InChI is InChI=1S/C14H18N6O/c1-2-19-8-11(6-16-19)5-15-13-7-17-20(9-13)10-14(21)18-12-3-4-12/h2,6-9,12,15H,1,3-5,10H2,(H,18,21). The topological polar surface area (TPSA) is 76.8 Å². The largest absolute Gasteiger partial charge is 0.378 e. The number of nitrogens with zero attached hydrogens (tertiary/aromatic N) is 4. The predicted octanol–water partition coefficient (Wildman–Crippen LogP) is 1.07. The van der Waals surface area contributed by atoms with Gasteiger partial charge < -0.3 is 10.6 Å². The van der Waals surface area contributed by atoms with Crippen molar-refractivity contribution in [1.82, 2.24) is 24.9 Å². The Morgan fingerprint density at radius 3 is 2.95 bits per heavy atom. The Bertz CT molecular complexity index is 639. The van der Waals surface area contributed by atoms with Crippen LogP contribution < -0.4 is 10.6 Å². The summed E-state index contributed by atoms with van der Waals surface area (Å²) in [6.07, 6.45) is 11.0. The van der Waals surface area contributed by atoms with Crippen LogP contribution in [0.1, 0.15) is 18.4 Å². The van der Waals surface area contributed by atoms with Gasteiger partial charge in [0, 0.05) is 36.7 Å². The van der Waals surface area contributed by atoms with Gasteiger partial charge in [0.05, 0.1) is 18.1 Å². The van der Waals surface area contributed by atoms with Gasteiger partial charge in [0.2, 0.25) is 5.91 Å². The number of rotatable bonds is 7. The molecular formula is C14H18N6O. The molecule has 2 aromatic rings. The van der Waals surface area contributed by atoms with Crippen molar-refractivity contribution < 1.29 is 4.79 Å². The first-order valence-electron chi connectivity index (χ1n) is 6.94. The summed E-state index contributed by atoms with van der Waals surface area (Å²) in [7, 11) is 0. The molecule has 1 aliphatic rings. The van der Waals surface area contributed by atoms with Crippen LogP contribution in [0.5, 0.6) is 0 Å². The first-order chi connectivity index (χ1) is 10.2. The number of hydrogen-bond donors (Lipinski definition) is 2. The molecule has 0 bridgehead atoms. The van der Waals surface area contributed by atoms with Crippen molar-refractivity contribution in [2.75, 3.05) is 5.32 Å². The first-order valence-corrected chi connectivity index (χ1v) is 6.94. The quantitative estimate of drug-likeness (QED) is 0.798. The van der Waals surface area contributed by atoms with Crippen LogP contribution in [0, 0.1) is 0 Å². The third-order valence-electron chi connectivity index (χ3n) is 3.22. The number of carbonyl (C=O) groups excluding carboxylic acids is 1. The molecule has 0 saturated heterocycles. The lowest BCUT2D eigenvalue weighted by Crippen LogP contribution is -2.29. The molecule has 0 unspecified atom stereocenters. The molecule has 2 N–H and O–H groups in total. The van der Waals surface area contributed by atoms with Crippen molar-refractivity contribution >= 4 is 17.8 Å². The molecule has 0 atom stereocenters. The van der Waals surface area contributed by atoms with Gasteiger partial charge in [-0.1, -0.05) is 6.58 Å². The summed E-state index contributed by atoms with van der Waals surface area (Å²) < 4.78 is 3.29. The molecule has 7 heteroatoms. The zero-order chi connectivity index (χ0) is 14.7. The Kier molecular flexibility index (Phi) is 3.72. The van der Waals surface area contributed by atoms with Crippen LogP contribution in [-0.2, 0) is 17.9 Å². The molecule has 110 valence electrons. The van der Waals surface area contributed by atoms with E-state index in [9.17, 15) is 4.79 Å². The van der Waals surface area contributed by atoms with E-state index in [0.29, 0.717) is 12.6 Å². The van der Waals surface area contributed by atoms with Crippen molar-refractivity contribution in [3.63, 3.8) is 0 Å². The lowest BCUT2D eigenvalue weighted by molar-refractivity contribution is -0.122. The zero-order valence-electron chi connectivity index (χ0n) is 11.7. The van der Waals surface area contributed by atoms with E-state index >= 15 is 0 Å². The maximum atomic E-state index is 11.7. The maximum Gasteiger partial charge on any atom is 0.241 e. The minimum absolute atomic E-state index is 0.0133. The molecule has 0 aromatic carbocycles. The summed E-state index contributed by atoms with van der Waals surface area (Å²) in [5, 5.41) is 14.5. The number of carbonyl (C=O) groups is 1. The Morgan fingerprint density at radius 1 is 1.38 bits per heavy atom. The van der Waals surface area contributed by atoms with Gasteiger partial charge in [0.25, 0.3) is 0 Å². The van der Waals surface area contributed by atoms with E-state index in [4.69, 9.17) is 0 Å². The second kappa shape index (κ2) is 5.82. The SMILES string of the molecule is C=Cn1cc(CNc2cnn(CC(=O)NC3CC3)c2)cn1. The van der Waals surface area contributed by atoms with Gasteiger partial charge in [-0.05, 0) is 12.8 Å². The van der Waals surface area contributed by atoms with E-state index in [1.807, 2.05) is 12.4 Å². The van der Waals surface area contributed by atoms with Crippen molar-refractivity contribution in [2.45, 2.75) is 32.0 Å². The van der Waals surface area contributed by atoms with E-state index in [0.717, 1.165) is 24.1 Å². The Hall–Kier alpha value is -2.57. The molecule has 2 aromatic heterocycles. The molecule has 1 saturated carbocycles. The van der Waals surface area contributed by atoms with Gasteiger partial charge in [0.15, 0.2) is 0 Å². The van der Waals surface area contributed by atoms with Crippen LogP contribution in [-0.4, -0.2) is 31.5 Å². The predicted molar refractivity (Wildman–Crippen MR) is 79.3 cm³/mol. The van der Waals surface area contributed by atoms with Gasteiger partial charge >= 0.3 is 0 Å². The van der Waals surface area contributed by atoms with Crippen LogP contribution in [0.4, 0.5) is 5.69 Å². The Labute approximate surface area is 122 Å². The van der Waals surface area contributed by atoms with Gasteiger partial charge in [0.1, 0.15) is 6.54 Å². The van der Waals surface area contributed by atoms with E-state index in [1.165, 1.54) is 0 Å². The lowest BCUT2D eigenvalue weighted by Gasteiger charge is -2.03. The fourth-order valence-corrected chi connectivity index (χ4v) is 1.96. The minimum atomic E-state index is 0.0133. The Morgan fingerprint density at radius 2 is 2.24 bits per heavy atom. The van der Waals surface area contributed by atoms with Crippen LogP contribution in [0.2, 0.25) is 0 Å². The highest BCUT2D eigenvalue weighted by molar-refractivity contribution is 5.76. The molecule has 2 heterocycles. The van der Waals surface area contributed by atoms with E-state index in [1.54, 1.807) is 28.0 Å². The maximum absolute atomic E-state index is 11.7. The minimum Gasteiger partial charge on any atom is -0.378 e. The summed E-state index contributed by atoms with van der Waals surface area (Å²) in [5.41, 5.74) is 1.93. The average Bonchev–Trinajstić information content (AvgIpc) is 3.00. The average molecular weight is 286 g/mol. The highest BCUT2D eigenvalue weighted by atomic mass is 16.2. The second-order valence-corrected chi connectivity index (χ2v) is 5.13. The molecule has 3 rings (SSSR count). The molecule has 1 amide bonds.